The van der Waals surface area contributed by atoms with E-state index in [0.29, 0.717) is 11.2 Å². The van der Waals surface area contributed by atoms with Gasteiger partial charge in [-0.1, -0.05) is 24.6 Å². The molecule has 15 heteroatoms. The summed E-state index contributed by atoms with van der Waals surface area (Å²) >= 11 is 0. The number of aliphatic hydroxyl groups is 2. The van der Waals surface area contributed by atoms with Crippen LogP contribution in [0.2, 0.25) is 0 Å². The van der Waals surface area contributed by atoms with Crippen molar-refractivity contribution in [2.45, 2.75) is 75.8 Å². The fourth-order valence-electron chi connectivity index (χ4n) is 4.92. The summed E-state index contributed by atoms with van der Waals surface area (Å²) in [6.07, 6.45) is 0.993. The van der Waals surface area contributed by atoms with Gasteiger partial charge in [-0.25, -0.2) is 24.6 Å². The highest BCUT2D eigenvalue weighted by atomic mass is 31.2. The van der Waals surface area contributed by atoms with Crippen LogP contribution in [0, 0.1) is 0 Å². The number of anilines is 1. The van der Waals surface area contributed by atoms with E-state index in [2.05, 4.69) is 20.0 Å². The molecule has 3 heterocycles. The van der Waals surface area contributed by atoms with Gasteiger partial charge >= 0.3 is 13.7 Å². The Morgan fingerprint density at radius 3 is 2.67 bits per heavy atom. The molecule has 2 aromatic heterocycles. The van der Waals surface area contributed by atoms with Gasteiger partial charge in [-0.3, -0.25) is 13.9 Å². The van der Waals surface area contributed by atoms with E-state index in [-0.39, 0.29) is 17.7 Å². The molecular weight excluding hydrogens is 543 g/mol. The van der Waals surface area contributed by atoms with Gasteiger partial charge in [-0.05, 0) is 44.7 Å². The summed E-state index contributed by atoms with van der Waals surface area (Å²) in [4.78, 5) is 24.7. The molecule has 0 radical (unpaired) electrons. The van der Waals surface area contributed by atoms with Crippen LogP contribution in [-0.2, 0) is 23.4 Å². The van der Waals surface area contributed by atoms with Gasteiger partial charge in [0.15, 0.2) is 17.7 Å². The minimum Gasteiger partial charge on any atom is -0.461 e. The summed E-state index contributed by atoms with van der Waals surface area (Å²) in [5, 5.41) is 24.2. The van der Waals surface area contributed by atoms with E-state index < -0.39 is 50.9 Å². The number of esters is 1. The van der Waals surface area contributed by atoms with Gasteiger partial charge in [-0.2, -0.15) is 0 Å². The summed E-state index contributed by atoms with van der Waals surface area (Å²) in [5.74, 6) is -0.197. The van der Waals surface area contributed by atoms with Crippen LogP contribution < -0.4 is 15.3 Å². The lowest BCUT2D eigenvalue weighted by atomic mass is 9.98. The molecule has 1 unspecified atom stereocenters. The van der Waals surface area contributed by atoms with E-state index in [1.807, 2.05) is 0 Å². The molecule has 0 spiro atoms. The lowest BCUT2D eigenvalue weighted by Crippen LogP contribution is -2.39. The third kappa shape index (κ3) is 6.27. The predicted molar refractivity (Wildman–Crippen MR) is 142 cm³/mol. The van der Waals surface area contributed by atoms with Gasteiger partial charge in [0.2, 0.25) is 0 Å². The van der Waals surface area contributed by atoms with Crippen LogP contribution in [0.3, 0.4) is 0 Å². The molecule has 0 amide bonds. The Labute approximate surface area is 230 Å². The highest BCUT2D eigenvalue weighted by Gasteiger charge is 2.49. The quantitative estimate of drug-likeness (QED) is 0.203. The van der Waals surface area contributed by atoms with Crippen molar-refractivity contribution >= 4 is 30.7 Å². The smallest absolute Gasteiger partial charge is 0.459 e. The zero-order chi connectivity index (χ0) is 28.3. The fraction of sp³-hybridized carbons (Fsp3) is 0.520. The standard InChI is InChI=1S/C25H33N6O8P/c1-15(22-20(33)21(34)25(37-22)31-14-29-19-23(26)27-13-28-24(19)31)38-40(35,39-17-10-6-3-7-11-17)30-12-18(32)36-16-8-4-2-5-9-16/h3,6-7,10-11,13-16,20-22,25,33-34H,2,4-5,8-9,12H2,1H3,(H,30,35)(H2,26,27,28)/t15-,20-,21+,22+,25+,40?/m0/s1. The molecule has 1 aliphatic heterocycles. The molecule has 1 saturated heterocycles. The molecule has 40 heavy (non-hydrogen) atoms. The van der Waals surface area contributed by atoms with Gasteiger partial charge in [0.1, 0.15) is 48.6 Å². The van der Waals surface area contributed by atoms with Gasteiger partial charge in [0.05, 0.1) is 12.4 Å². The van der Waals surface area contributed by atoms with Gasteiger partial charge in [0, 0.05) is 0 Å². The third-order valence-electron chi connectivity index (χ3n) is 6.94. The van der Waals surface area contributed by atoms with Crippen molar-refractivity contribution in [3.05, 3.63) is 43.0 Å². The van der Waals surface area contributed by atoms with E-state index in [0.717, 1.165) is 32.1 Å². The number of nitrogens with zero attached hydrogens (tertiary/aromatic N) is 4. The van der Waals surface area contributed by atoms with Crippen LogP contribution in [0.5, 0.6) is 5.75 Å². The van der Waals surface area contributed by atoms with Crippen molar-refractivity contribution in [2.75, 3.05) is 12.3 Å². The molecule has 14 nitrogen and oxygen atoms in total. The average molecular weight is 577 g/mol. The number of hydrogen-bond donors (Lipinski definition) is 4. The van der Waals surface area contributed by atoms with Crippen LogP contribution in [0.1, 0.15) is 45.3 Å². The minimum absolute atomic E-state index is 0.150. The largest absolute Gasteiger partial charge is 0.461 e. The second-order valence-corrected chi connectivity index (χ2v) is 11.6. The molecule has 5 N–H and O–H groups in total. The number of carbonyl (C=O) groups excluding carboxylic acids is 1. The molecular formula is C25H33N6O8P. The topological polar surface area (TPSA) is 193 Å². The molecule has 2 aliphatic rings. The molecule has 1 aliphatic carbocycles. The number of para-hydroxylation sites is 1. The summed E-state index contributed by atoms with van der Waals surface area (Å²) < 4.78 is 38.2. The highest BCUT2D eigenvalue weighted by molar-refractivity contribution is 7.52. The molecule has 2 fully saturated rings. The highest BCUT2D eigenvalue weighted by Crippen LogP contribution is 2.47. The predicted octanol–water partition coefficient (Wildman–Crippen LogP) is 2.09. The zero-order valence-corrected chi connectivity index (χ0v) is 22.8. The van der Waals surface area contributed by atoms with Crippen molar-refractivity contribution in [1.29, 1.82) is 0 Å². The van der Waals surface area contributed by atoms with Crippen molar-refractivity contribution in [1.82, 2.24) is 24.6 Å². The van der Waals surface area contributed by atoms with Crippen molar-refractivity contribution < 1.29 is 38.1 Å². The summed E-state index contributed by atoms with van der Waals surface area (Å²) in [5.41, 5.74) is 6.47. The van der Waals surface area contributed by atoms with Crippen LogP contribution >= 0.6 is 7.75 Å². The number of ether oxygens (including phenoxy) is 2. The zero-order valence-electron chi connectivity index (χ0n) is 21.9. The monoisotopic (exact) mass is 576 g/mol. The second-order valence-electron chi connectivity index (χ2n) is 9.85. The van der Waals surface area contributed by atoms with Crippen LogP contribution in [0.4, 0.5) is 5.82 Å². The van der Waals surface area contributed by atoms with Crippen molar-refractivity contribution in [3.8, 4) is 5.75 Å². The van der Waals surface area contributed by atoms with E-state index in [1.54, 1.807) is 30.3 Å². The number of aliphatic hydroxyl groups excluding tert-OH is 2. The fourth-order valence-corrected chi connectivity index (χ4v) is 6.38. The SMILES string of the molecule is C[C@H](OP(=O)(NCC(=O)OC1CCCCC1)Oc1ccccc1)[C@H]1O[C@@H](n2cnc3c(N)ncnc32)[C@H](O)[C@@H]1O. The Bertz CT molecular complexity index is 1350. The summed E-state index contributed by atoms with van der Waals surface area (Å²) in [6.45, 7) is 1.09. The minimum atomic E-state index is -4.21. The van der Waals surface area contributed by atoms with Crippen molar-refractivity contribution in [3.63, 3.8) is 0 Å². The average Bonchev–Trinajstić information content (AvgIpc) is 3.50. The number of aromatic nitrogens is 4. The first kappa shape index (κ1) is 28.4. The lowest BCUT2D eigenvalue weighted by Gasteiger charge is -2.27. The van der Waals surface area contributed by atoms with E-state index in [1.165, 1.54) is 24.1 Å². The van der Waals surface area contributed by atoms with E-state index in [4.69, 9.17) is 24.3 Å². The maximum atomic E-state index is 13.8. The number of hydrogen-bond acceptors (Lipinski definition) is 12. The molecule has 3 aromatic rings. The normalized spacial score (nSPS) is 25.9. The van der Waals surface area contributed by atoms with Gasteiger partial charge < -0.3 is 29.9 Å². The van der Waals surface area contributed by atoms with Crippen LogP contribution in [0.25, 0.3) is 11.2 Å². The number of benzene rings is 1. The van der Waals surface area contributed by atoms with Crippen LogP contribution in [-0.4, -0.2) is 72.8 Å². The lowest BCUT2D eigenvalue weighted by molar-refractivity contribution is -0.149. The molecule has 1 aromatic carbocycles. The maximum Gasteiger partial charge on any atom is 0.459 e. The summed E-state index contributed by atoms with van der Waals surface area (Å²) in [6, 6.07) is 8.31. The van der Waals surface area contributed by atoms with E-state index in [9.17, 15) is 19.6 Å². The third-order valence-corrected chi connectivity index (χ3v) is 8.55. The number of imidazole rings is 1. The number of nitrogen functional groups attached to an aromatic ring is 1. The molecule has 1 saturated carbocycles. The van der Waals surface area contributed by atoms with Crippen molar-refractivity contribution in [2.24, 2.45) is 0 Å². The van der Waals surface area contributed by atoms with E-state index >= 15 is 0 Å². The second kappa shape index (κ2) is 12.2. The van der Waals surface area contributed by atoms with Crippen LogP contribution in [0.15, 0.2) is 43.0 Å². The number of fused-ring (bicyclic) bond motifs is 1. The number of nitrogens with two attached hydrogens (primary N) is 1. The maximum absolute atomic E-state index is 13.8. The Morgan fingerprint density at radius 2 is 1.93 bits per heavy atom. The Kier molecular flexibility index (Phi) is 8.64. The molecule has 0 bridgehead atoms. The Balaban J connectivity index is 1.29. The number of carbonyl (C=O) groups is 1. The van der Waals surface area contributed by atoms with Gasteiger partial charge in [-0.15, -0.1) is 0 Å². The molecule has 216 valence electrons. The first-order valence-electron chi connectivity index (χ1n) is 13.2. The van der Waals surface area contributed by atoms with Gasteiger partial charge in [0.25, 0.3) is 0 Å². The molecule has 5 rings (SSSR count). The Morgan fingerprint density at radius 1 is 1.18 bits per heavy atom. The first-order chi connectivity index (χ1) is 19.2. The first-order valence-corrected chi connectivity index (χ1v) is 14.7. The number of rotatable bonds is 10. The number of nitrogens with one attached hydrogen (secondary N) is 1. The summed E-state index contributed by atoms with van der Waals surface area (Å²) in [7, 11) is -4.21. The molecule has 6 atom stereocenters. The Hall–Kier alpha value is -3.13.